The van der Waals surface area contributed by atoms with Crippen LogP contribution in [0.15, 0.2) is 60.7 Å². The minimum Gasteiger partial charge on any atom is -0.459 e. The summed E-state index contributed by atoms with van der Waals surface area (Å²) in [6, 6.07) is 18.1. The monoisotopic (exact) mass is 369 g/mol. The largest absolute Gasteiger partial charge is 0.459 e. The van der Waals surface area contributed by atoms with Crippen molar-refractivity contribution in [3.63, 3.8) is 0 Å². The van der Waals surface area contributed by atoms with E-state index in [1.54, 1.807) is 7.11 Å². The molecule has 142 valence electrons. The van der Waals surface area contributed by atoms with Crippen LogP contribution in [0, 0.1) is 0 Å². The van der Waals surface area contributed by atoms with Crippen LogP contribution in [0.3, 0.4) is 0 Å². The highest BCUT2D eigenvalue weighted by Crippen LogP contribution is 2.23. The molecule has 0 saturated carbocycles. The first kappa shape index (κ1) is 18.9. The number of rotatable bonds is 6. The Bertz CT molecular complexity index is 686. The molecule has 0 bridgehead atoms. The van der Waals surface area contributed by atoms with Crippen LogP contribution in [-0.2, 0) is 32.2 Å². The molecular formula is C21H23NO5. The minimum atomic E-state index is -0.707. The third-order valence-corrected chi connectivity index (χ3v) is 4.53. The molecule has 2 aromatic carbocycles. The standard InChI is InChI=1S/C21H23NO5/c1-25-18-12-19(20(23)26-14-16-8-4-2-5-9-16)22(13-18)21(24)27-15-17-10-6-3-7-11-17/h2-11,18-19H,12-15H2,1H3/t18?,19-/m0/s1. The predicted molar refractivity (Wildman–Crippen MR) is 98.8 cm³/mol. The highest BCUT2D eigenvalue weighted by Gasteiger charge is 2.41. The SMILES string of the molecule is COC1C[C@@H](C(=O)OCc2ccccc2)N(C(=O)OCc2ccccc2)C1. The fourth-order valence-corrected chi connectivity index (χ4v) is 3.02. The van der Waals surface area contributed by atoms with Gasteiger partial charge in [-0.1, -0.05) is 60.7 Å². The molecule has 2 atom stereocenters. The van der Waals surface area contributed by atoms with E-state index in [1.807, 2.05) is 60.7 Å². The molecule has 1 aliphatic rings. The number of likely N-dealkylation sites (tertiary alicyclic amines) is 1. The number of carbonyl (C=O) groups is 2. The van der Waals surface area contributed by atoms with Gasteiger partial charge in [0.2, 0.25) is 0 Å². The van der Waals surface area contributed by atoms with E-state index >= 15 is 0 Å². The summed E-state index contributed by atoms with van der Waals surface area (Å²) in [4.78, 5) is 26.4. The molecule has 0 aromatic heterocycles. The number of hydrogen-bond donors (Lipinski definition) is 0. The van der Waals surface area contributed by atoms with Crippen LogP contribution in [0.1, 0.15) is 17.5 Å². The number of benzene rings is 2. The molecule has 2 aromatic rings. The van der Waals surface area contributed by atoms with Crippen molar-refractivity contribution >= 4 is 12.1 Å². The van der Waals surface area contributed by atoms with Crippen molar-refractivity contribution in [1.82, 2.24) is 4.90 Å². The molecule has 1 amide bonds. The second-order valence-corrected chi connectivity index (χ2v) is 6.40. The average Bonchev–Trinajstić information content (AvgIpc) is 3.16. The highest BCUT2D eigenvalue weighted by molar-refractivity contribution is 5.82. The second kappa shape index (κ2) is 9.19. The van der Waals surface area contributed by atoms with E-state index in [0.29, 0.717) is 13.0 Å². The summed E-state index contributed by atoms with van der Waals surface area (Å²) in [6.07, 6.45) is -0.367. The van der Waals surface area contributed by atoms with E-state index in [0.717, 1.165) is 11.1 Å². The summed E-state index contributed by atoms with van der Waals surface area (Å²) >= 11 is 0. The number of methoxy groups -OCH3 is 1. The second-order valence-electron chi connectivity index (χ2n) is 6.40. The molecule has 0 spiro atoms. The summed E-state index contributed by atoms with van der Waals surface area (Å²) in [5.74, 6) is -0.449. The molecule has 1 saturated heterocycles. The van der Waals surface area contributed by atoms with E-state index in [4.69, 9.17) is 14.2 Å². The third kappa shape index (κ3) is 5.08. The summed E-state index contributed by atoms with van der Waals surface area (Å²) in [5, 5.41) is 0. The Kier molecular flexibility index (Phi) is 6.44. The molecule has 1 heterocycles. The van der Waals surface area contributed by atoms with Gasteiger partial charge in [0.1, 0.15) is 19.3 Å². The normalized spacial score (nSPS) is 18.9. The fourth-order valence-electron chi connectivity index (χ4n) is 3.02. The molecule has 27 heavy (non-hydrogen) atoms. The summed E-state index contributed by atoms with van der Waals surface area (Å²) < 4.78 is 16.1. The number of amides is 1. The topological polar surface area (TPSA) is 65.1 Å². The van der Waals surface area contributed by atoms with Gasteiger partial charge in [-0.25, -0.2) is 9.59 Å². The quantitative estimate of drug-likeness (QED) is 0.732. The molecule has 1 fully saturated rings. The van der Waals surface area contributed by atoms with Gasteiger partial charge >= 0.3 is 12.1 Å². The van der Waals surface area contributed by atoms with Gasteiger partial charge in [-0.3, -0.25) is 4.90 Å². The van der Waals surface area contributed by atoms with Crippen molar-refractivity contribution in [2.45, 2.75) is 31.8 Å². The van der Waals surface area contributed by atoms with Crippen LogP contribution >= 0.6 is 0 Å². The lowest BCUT2D eigenvalue weighted by molar-refractivity contribution is -0.149. The molecule has 1 unspecified atom stereocenters. The molecular weight excluding hydrogens is 346 g/mol. The number of esters is 1. The average molecular weight is 369 g/mol. The molecule has 0 N–H and O–H groups in total. The van der Waals surface area contributed by atoms with E-state index in [2.05, 4.69) is 0 Å². The van der Waals surface area contributed by atoms with Gasteiger partial charge in [-0.2, -0.15) is 0 Å². The van der Waals surface area contributed by atoms with Gasteiger partial charge in [0.05, 0.1) is 12.6 Å². The lowest BCUT2D eigenvalue weighted by Gasteiger charge is -2.22. The van der Waals surface area contributed by atoms with Gasteiger partial charge in [0.25, 0.3) is 0 Å². The number of nitrogens with zero attached hydrogens (tertiary/aromatic N) is 1. The van der Waals surface area contributed by atoms with Crippen LogP contribution in [0.5, 0.6) is 0 Å². The van der Waals surface area contributed by atoms with E-state index in [9.17, 15) is 9.59 Å². The Labute approximate surface area is 158 Å². The van der Waals surface area contributed by atoms with Crippen molar-refractivity contribution in [1.29, 1.82) is 0 Å². The van der Waals surface area contributed by atoms with E-state index < -0.39 is 18.1 Å². The van der Waals surface area contributed by atoms with Crippen LogP contribution in [0.2, 0.25) is 0 Å². The molecule has 1 aliphatic heterocycles. The Balaban J connectivity index is 1.59. The molecule has 0 aliphatic carbocycles. The van der Waals surface area contributed by atoms with Gasteiger partial charge in [0.15, 0.2) is 0 Å². The maximum atomic E-state index is 12.5. The maximum Gasteiger partial charge on any atom is 0.410 e. The zero-order chi connectivity index (χ0) is 19.1. The van der Waals surface area contributed by atoms with Gasteiger partial charge in [0, 0.05) is 13.5 Å². The minimum absolute atomic E-state index is 0.152. The maximum absolute atomic E-state index is 12.5. The van der Waals surface area contributed by atoms with Crippen LogP contribution in [0.25, 0.3) is 0 Å². The molecule has 0 radical (unpaired) electrons. The van der Waals surface area contributed by atoms with Crippen LogP contribution in [0.4, 0.5) is 4.79 Å². The van der Waals surface area contributed by atoms with Gasteiger partial charge < -0.3 is 14.2 Å². The summed E-state index contributed by atoms with van der Waals surface area (Å²) in [7, 11) is 1.57. The number of ether oxygens (including phenoxy) is 3. The summed E-state index contributed by atoms with van der Waals surface area (Å²) in [6.45, 7) is 0.621. The van der Waals surface area contributed by atoms with Crippen molar-refractivity contribution in [3.05, 3.63) is 71.8 Å². The summed E-state index contributed by atoms with van der Waals surface area (Å²) in [5.41, 5.74) is 1.78. The highest BCUT2D eigenvalue weighted by atomic mass is 16.6. The zero-order valence-electron chi connectivity index (χ0n) is 15.2. The van der Waals surface area contributed by atoms with Crippen molar-refractivity contribution in [3.8, 4) is 0 Å². The Hall–Kier alpha value is -2.86. The molecule has 6 nitrogen and oxygen atoms in total. The van der Waals surface area contributed by atoms with Crippen LogP contribution in [-0.4, -0.2) is 42.8 Å². The van der Waals surface area contributed by atoms with Gasteiger partial charge in [-0.15, -0.1) is 0 Å². The van der Waals surface area contributed by atoms with Crippen molar-refractivity contribution < 1.29 is 23.8 Å². The van der Waals surface area contributed by atoms with Crippen molar-refractivity contribution in [2.75, 3.05) is 13.7 Å². The lowest BCUT2D eigenvalue weighted by Crippen LogP contribution is -2.41. The Morgan fingerprint density at radius 1 is 0.926 bits per heavy atom. The number of hydrogen-bond acceptors (Lipinski definition) is 5. The smallest absolute Gasteiger partial charge is 0.410 e. The Morgan fingerprint density at radius 3 is 2.04 bits per heavy atom. The first-order valence-corrected chi connectivity index (χ1v) is 8.88. The Morgan fingerprint density at radius 2 is 1.48 bits per heavy atom. The molecule has 3 rings (SSSR count). The van der Waals surface area contributed by atoms with Gasteiger partial charge in [-0.05, 0) is 11.1 Å². The van der Waals surface area contributed by atoms with E-state index in [1.165, 1.54) is 4.90 Å². The predicted octanol–water partition coefficient (Wildman–Crippen LogP) is 3.16. The number of carbonyl (C=O) groups excluding carboxylic acids is 2. The first-order valence-electron chi connectivity index (χ1n) is 8.88. The fraction of sp³-hybridized carbons (Fsp3) is 0.333. The lowest BCUT2D eigenvalue weighted by atomic mass is 10.2. The van der Waals surface area contributed by atoms with Crippen LogP contribution < -0.4 is 0 Å². The molecule has 6 heteroatoms. The first-order chi connectivity index (χ1) is 13.2. The zero-order valence-corrected chi connectivity index (χ0v) is 15.2. The van der Waals surface area contributed by atoms with E-state index in [-0.39, 0.29) is 19.3 Å². The third-order valence-electron chi connectivity index (χ3n) is 4.53. The van der Waals surface area contributed by atoms with Crippen molar-refractivity contribution in [2.24, 2.45) is 0 Å².